The first-order chi connectivity index (χ1) is 8.25. The second-order valence-electron chi connectivity index (χ2n) is 3.96. The molecule has 17 heavy (non-hydrogen) atoms. The van der Waals surface area contributed by atoms with E-state index in [1.165, 1.54) is 10.6 Å². The number of aromatic amines is 1. The van der Waals surface area contributed by atoms with Crippen molar-refractivity contribution in [1.29, 1.82) is 0 Å². The Bertz CT molecular complexity index is 725. The molecule has 0 saturated heterocycles. The first-order valence-corrected chi connectivity index (χ1v) is 5.39. The molecule has 2 heterocycles. The molecule has 3 aromatic rings. The van der Waals surface area contributed by atoms with E-state index in [2.05, 4.69) is 10.1 Å². The molecule has 0 atom stereocenters. The Morgan fingerprint density at radius 3 is 2.76 bits per heavy atom. The van der Waals surface area contributed by atoms with Gasteiger partial charge in [0.25, 0.3) is 5.56 Å². The van der Waals surface area contributed by atoms with Crippen molar-refractivity contribution in [2.45, 2.75) is 6.92 Å². The van der Waals surface area contributed by atoms with Crippen molar-refractivity contribution in [3.63, 3.8) is 0 Å². The summed E-state index contributed by atoms with van der Waals surface area (Å²) in [5.74, 6) is 0. The van der Waals surface area contributed by atoms with E-state index in [9.17, 15) is 4.79 Å². The summed E-state index contributed by atoms with van der Waals surface area (Å²) in [4.78, 5) is 16.4. The third-order valence-corrected chi connectivity index (χ3v) is 2.75. The van der Waals surface area contributed by atoms with E-state index in [-0.39, 0.29) is 5.56 Å². The van der Waals surface area contributed by atoms with Crippen LogP contribution >= 0.6 is 0 Å². The van der Waals surface area contributed by atoms with Crippen molar-refractivity contribution in [1.82, 2.24) is 14.6 Å². The number of aromatic nitrogens is 3. The lowest BCUT2D eigenvalue weighted by Gasteiger charge is -2.01. The van der Waals surface area contributed by atoms with Gasteiger partial charge in [-0.3, -0.25) is 9.89 Å². The summed E-state index contributed by atoms with van der Waals surface area (Å²) < 4.78 is 1.45. The molecule has 4 heteroatoms. The van der Waals surface area contributed by atoms with Gasteiger partial charge >= 0.3 is 0 Å². The molecule has 2 aromatic heterocycles. The lowest BCUT2D eigenvalue weighted by atomic mass is 10.1. The molecule has 1 aromatic carbocycles. The molecule has 3 rings (SSSR count). The van der Waals surface area contributed by atoms with Crippen LogP contribution in [0, 0.1) is 6.92 Å². The van der Waals surface area contributed by atoms with Crippen LogP contribution in [0.4, 0.5) is 0 Å². The first kappa shape index (κ1) is 9.84. The summed E-state index contributed by atoms with van der Waals surface area (Å²) in [7, 11) is 0. The number of benzene rings is 1. The number of nitrogens with one attached hydrogen (secondary N) is 1. The third-order valence-electron chi connectivity index (χ3n) is 2.75. The lowest BCUT2D eigenvalue weighted by Crippen LogP contribution is -2.14. The molecule has 0 radical (unpaired) electrons. The molecule has 0 unspecified atom stereocenters. The van der Waals surface area contributed by atoms with Gasteiger partial charge in [-0.15, -0.1) is 0 Å². The van der Waals surface area contributed by atoms with Gasteiger partial charge in [0.05, 0.1) is 5.69 Å². The Morgan fingerprint density at radius 2 is 2.00 bits per heavy atom. The zero-order chi connectivity index (χ0) is 11.8. The fourth-order valence-corrected chi connectivity index (χ4v) is 1.85. The topological polar surface area (TPSA) is 50.2 Å². The van der Waals surface area contributed by atoms with Crippen molar-refractivity contribution in [3.8, 4) is 11.3 Å². The Labute approximate surface area is 97.5 Å². The predicted octanol–water partition coefficient (Wildman–Crippen LogP) is 2.00. The van der Waals surface area contributed by atoms with Crippen LogP contribution < -0.4 is 5.56 Å². The van der Waals surface area contributed by atoms with Crippen LogP contribution in [0.2, 0.25) is 0 Å². The average molecular weight is 225 g/mol. The van der Waals surface area contributed by atoms with E-state index in [0.717, 1.165) is 11.1 Å². The molecular formula is C13H11N3O. The van der Waals surface area contributed by atoms with Gasteiger partial charge in [-0.1, -0.05) is 30.3 Å². The highest BCUT2D eigenvalue weighted by Gasteiger charge is 2.07. The SMILES string of the molecule is Cc1c[nH]n2c(=O)cc(-c3ccccc3)nc12. The summed E-state index contributed by atoms with van der Waals surface area (Å²) in [6, 6.07) is 11.2. The first-order valence-electron chi connectivity index (χ1n) is 5.39. The highest BCUT2D eigenvalue weighted by Crippen LogP contribution is 2.16. The number of rotatable bonds is 1. The lowest BCUT2D eigenvalue weighted by molar-refractivity contribution is 0.901. The van der Waals surface area contributed by atoms with Crippen LogP contribution in [-0.2, 0) is 0 Å². The minimum atomic E-state index is -0.0954. The van der Waals surface area contributed by atoms with Gasteiger partial charge in [0.2, 0.25) is 0 Å². The maximum atomic E-state index is 11.9. The summed E-state index contributed by atoms with van der Waals surface area (Å²) >= 11 is 0. The molecule has 0 spiro atoms. The molecule has 0 fully saturated rings. The molecule has 0 aliphatic heterocycles. The van der Waals surface area contributed by atoms with Crippen molar-refractivity contribution in [2.24, 2.45) is 0 Å². The van der Waals surface area contributed by atoms with Gasteiger partial charge in [-0.05, 0) is 6.92 Å². The molecule has 4 nitrogen and oxygen atoms in total. The monoisotopic (exact) mass is 225 g/mol. The predicted molar refractivity (Wildman–Crippen MR) is 66.0 cm³/mol. The van der Waals surface area contributed by atoms with Crippen LogP contribution in [0.3, 0.4) is 0 Å². The molecule has 0 saturated carbocycles. The maximum absolute atomic E-state index is 11.9. The summed E-state index contributed by atoms with van der Waals surface area (Å²) in [5, 5.41) is 2.88. The van der Waals surface area contributed by atoms with Crippen LogP contribution in [0.1, 0.15) is 5.56 Å². The standard InChI is InChI=1S/C13H11N3O/c1-9-8-14-16-12(17)7-11(15-13(9)16)10-5-3-2-4-6-10/h2-8,14H,1H3. The fourth-order valence-electron chi connectivity index (χ4n) is 1.85. The minimum absolute atomic E-state index is 0.0954. The number of hydrogen-bond acceptors (Lipinski definition) is 2. The zero-order valence-electron chi connectivity index (χ0n) is 9.34. The van der Waals surface area contributed by atoms with Gasteiger partial charge in [-0.25, -0.2) is 9.50 Å². The van der Waals surface area contributed by atoms with Crippen molar-refractivity contribution >= 4 is 5.65 Å². The van der Waals surface area contributed by atoms with Gasteiger partial charge in [0, 0.05) is 23.4 Å². The van der Waals surface area contributed by atoms with Gasteiger partial charge < -0.3 is 0 Å². The molecule has 0 bridgehead atoms. The highest BCUT2D eigenvalue weighted by atomic mass is 16.1. The second-order valence-corrected chi connectivity index (χ2v) is 3.96. The summed E-state index contributed by atoms with van der Waals surface area (Å²) in [6.07, 6.45) is 1.78. The fraction of sp³-hybridized carbons (Fsp3) is 0.0769. The normalized spacial score (nSPS) is 10.9. The number of nitrogens with zero attached hydrogens (tertiary/aromatic N) is 2. The molecule has 0 aliphatic rings. The van der Waals surface area contributed by atoms with E-state index in [4.69, 9.17) is 0 Å². The van der Waals surface area contributed by atoms with Crippen LogP contribution in [0.25, 0.3) is 16.9 Å². The smallest absolute Gasteiger partial charge is 0.273 e. The van der Waals surface area contributed by atoms with Crippen LogP contribution in [0.15, 0.2) is 47.4 Å². The van der Waals surface area contributed by atoms with Gasteiger partial charge in [-0.2, -0.15) is 0 Å². The zero-order valence-corrected chi connectivity index (χ0v) is 9.34. The summed E-state index contributed by atoms with van der Waals surface area (Å²) in [6.45, 7) is 1.92. The number of fused-ring (bicyclic) bond motifs is 1. The number of hydrogen-bond donors (Lipinski definition) is 1. The van der Waals surface area contributed by atoms with E-state index < -0.39 is 0 Å². The van der Waals surface area contributed by atoms with E-state index in [1.807, 2.05) is 37.3 Å². The van der Waals surface area contributed by atoms with E-state index >= 15 is 0 Å². The molecule has 84 valence electrons. The maximum Gasteiger partial charge on any atom is 0.273 e. The summed E-state index contributed by atoms with van der Waals surface area (Å²) in [5.41, 5.74) is 3.20. The Hall–Kier alpha value is -2.36. The van der Waals surface area contributed by atoms with Crippen molar-refractivity contribution < 1.29 is 0 Å². The van der Waals surface area contributed by atoms with Gasteiger partial charge in [0.1, 0.15) is 0 Å². The number of aryl methyl sites for hydroxylation is 1. The largest absolute Gasteiger partial charge is 0.297 e. The molecule has 0 aliphatic carbocycles. The highest BCUT2D eigenvalue weighted by molar-refractivity contribution is 5.62. The third kappa shape index (κ3) is 1.54. The Morgan fingerprint density at radius 1 is 1.24 bits per heavy atom. The molecule has 1 N–H and O–H groups in total. The van der Waals surface area contributed by atoms with Crippen molar-refractivity contribution in [3.05, 3.63) is 58.5 Å². The van der Waals surface area contributed by atoms with E-state index in [0.29, 0.717) is 11.3 Å². The van der Waals surface area contributed by atoms with Gasteiger partial charge in [0.15, 0.2) is 5.65 Å². The quantitative estimate of drug-likeness (QED) is 0.688. The Kier molecular flexibility index (Phi) is 2.08. The van der Waals surface area contributed by atoms with E-state index in [1.54, 1.807) is 6.20 Å². The minimum Gasteiger partial charge on any atom is -0.297 e. The van der Waals surface area contributed by atoms with Crippen LogP contribution in [0.5, 0.6) is 0 Å². The average Bonchev–Trinajstić information content (AvgIpc) is 2.73. The second kappa shape index (κ2) is 3.59. The van der Waals surface area contributed by atoms with Crippen LogP contribution in [-0.4, -0.2) is 14.6 Å². The van der Waals surface area contributed by atoms with Crippen molar-refractivity contribution in [2.75, 3.05) is 0 Å². The molecular weight excluding hydrogens is 214 g/mol. The Balaban J connectivity index is 2.32. The number of H-pyrrole nitrogens is 1. The molecule has 0 amide bonds.